The van der Waals surface area contributed by atoms with Crippen LogP contribution in [0.1, 0.15) is 26.2 Å². The Balaban J connectivity index is 1.75. The van der Waals surface area contributed by atoms with Crippen LogP contribution in [0.3, 0.4) is 0 Å². The maximum atomic E-state index is 11.7. The largest absolute Gasteiger partial charge is 0.449 e. The maximum absolute atomic E-state index is 11.7. The van der Waals surface area contributed by atoms with Crippen LogP contribution in [-0.2, 0) is 4.74 Å². The third-order valence-electron chi connectivity index (χ3n) is 3.04. The van der Waals surface area contributed by atoms with Gasteiger partial charge in [-0.05, 0) is 31.1 Å². The Kier molecular flexibility index (Phi) is 3.29. The first-order valence-corrected chi connectivity index (χ1v) is 5.84. The molecule has 1 aliphatic carbocycles. The van der Waals surface area contributed by atoms with Crippen LogP contribution >= 0.6 is 0 Å². The zero-order valence-electron chi connectivity index (χ0n) is 9.32. The summed E-state index contributed by atoms with van der Waals surface area (Å²) in [6.45, 7) is 4.32. The fraction of sp³-hybridized carbons (Fsp3) is 0.750. The van der Waals surface area contributed by atoms with Crippen molar-refractivity contribution in [2.45, 2.75) is 26.2 Å². The molecule has 1 fully saturated rings. The topological polar surface area (TPSA) is 29.5 Å². The van der Waals surface area contributed by atoms with Gasteiger partial charge in [0.15, 0.2) is 0 Å². The first-order chi connectivity index (χ1) is 7.25. The van der Waals surface area contributed by atoms with Crippen LogP contribution in [0.2, 0.25) is 0 Å². The van der Waals surface area contributed by atoms with E-state index in [-0.39, 0.29) is 6.09 Å². The zero-order valence-corrected chi connectivity index (χ0v) is 9.32. The number of carbonyl (C=O) groups is 1. The van der Waals surface area contributed by atoms with Crippen molar-refractivity contribution < 1.29 is 9.53 Å². The summed E-state index contributed by atoms with van der Waals surface area (Å²) in [6, 6.07) is 0. The zero-order chi connectivity index (χ0) is 10.7. The molecule has 3 nitrogen and oxygen atoms in total. The summed E-state index contributed by atoms with van der Waals surface area (Å²) >= 11 is 0. The molecule has 0 N–H and O–H groups in total. The number of rotatable bonds is 2. The minimum Gasteiger partial charge on any atom is -0.449 e. The summed E-state index contributed by atoms with van der Waals surface area (Å²) in [5.74, 6) is 1.22. The number of ether oxygens (including phenoxy) is 1. The Bertz CT molecular complexity index is 258. The molecule has 2 aliphatic rings. The number of hydrogen-bond donors (Lipinski definition) is 0. The summed E-state index contributed by atoms with van der Waals surface area (Å²) < 4.78 is 5.25. The van der Waals surface area contributed by atoms with Crippen LogP contribution in [0.25, 0.3) is 0 Å². The molecule has 0 bridgehead atoms. The van der Waals surface area contributed by atoms with E-state index in [0.717, 1.165) is 13.0 Å². The van der Waals surface area contributed by atoms with Crippen LogP contribution in [0, 0.1) is 11.8 Å². The van der Waals surface area contributed by atoms with Crippen LogP contribution in [0.4, 0.5) is 4.79 Å². The molecule has 0 aromatic carbocycles. The quantitative estimate of drug-likeness (QED) is 0.654. The van der Waals surface area contributed by atoms with Gasteiger partial charge in [-0.1, -0.05) is 19.1 Å². The molecule has 84 valence electrons. The standard InChI is InChI=1S/C12H19NO2/c1-10-3-2-7-13(8-6-10)12(14)15-9-11-4-5-11/h2-3,10-11H,4-9H2,1H3. The number of hydrogen-bond acceptors (Lipinski definition) is 2. The summed E-state index contributed by atoms with van der Waals surface area (Å²) in [6.07, 6.45) is 7.59. The highest BCUT2D eigenvalue weighted by molar-refractivity contribution is 5.67. The highest BCUT2D eigenvalue weighted by Crippen LogP contribution is 2.29. The minimum atomic E-state index is -0.138. The molecule has 0 aromatic heterocycles. The number of nitrogens with zero attached hydrogens (tertiary/aromatic N) is 1. The van der Waals surface area contributed by atoms with Gasteiger partial charge in [0.2, 0.25) is 0 Å². The Morgan fingerprint density at radius 3 is 3.00 bits per heavy atom. The van der Waals surface area contributed by atoms with E-state index in [9.17, 15) is 4.79 Å². The smallest absolute Gasteiger partial charge is 0.410 e. The van der Waals surface area contributed by atoms with Crippen LogP contribution in [0.15, 0.2) is 12.2 Å². The van der Waals surface area contributed by atoms with E-state index >= 15 is 0 Å². The van der Waals surface area contributed by atoms with Gasteiger partial charge in [-0.25, -0.2) is 4.79 Å². The highest BCUT2D eigenvalue weighted by Gasteiger charge is 2.24. The lowest BCUT2D eigenvalue weighted by Gasteiger charge is -2.19. The van der Waals surface area contributed by atoms with E-state index in [4.69, 9.17) is 4.74 Å². The maximum Gasteiger partial charge on any atom is 0.410 e. The molecule has 1 heterocycles. The summed E-state index contributed by atoms with van der Waals surface area (Å²) in [4.78, 5) is 13.5. The fourth-order valence-corrected chi connectivity index (χ4v) is 1.70. The predicted octanol–water partition coefficient (Wildman–Crippen LogP) is 2.43. The minimum absolute atomic E-state index is 0.138. The highest BCUT2D eigenvalue weighted by atomic mass is 16.6. The second-order valence-electron chi connectivity index (χ2n) is 4.66. The van der Waals surface area contributed by atoms with Gasteiger partial charge < -0.3 is 9.64 Å². The lowest BCUT2D eigenvalue weighted by Crippen LogP contribution is -2.32. The molecule has 1 unspecified atom stereocenters. The average Bonchev–Trinajstić information content (AvgIpc) is 3.02. The van der Waals surface area contributed by atoms with E-state index in [1.54, 1.807) is 4.90 Å². The van der Waals surface area contributed by atoms with E-state index in [1.807, 2.05) is 0 Å². The number of amides is 1. The van der Waals surface area contributed by atoms with Crippen molar-refractivity contribution in [1.82, 2.24) is 4.90 Å². The van der Waals surface area contributed by atoms with E-state index in [2.05, 4.69) is 19.1 Å². The molecule has 3 heteroatoms. The lowest BCUT2D eigenvalue weighted by molar-refractivity contribution is 0.102. The lowest BCUT2D eigenvalue weighted by atomic mass is 10.1. The van der Waals surface area contributed by atoms with Gasteiger partial charge in [-0.2, -0.15) is 0 Å². The molecule has 15 heavy (non-hydrogen) atoms. The Morgan fingerprint density at radius 2 is 2.27 bits per heavy atom. The SMILES string of the molecule is CC1C=CCN(C(=O)OCC2CC2)CC1. The molecular weight excluding hydrogens is 190 g/mol. The summed E-state index contributed by atoms with van der Waals surface area (Å²) in [5, 5.41) is 0. The first-order valence-electron chi connectivity index (χ1n) is 5.84. The summed E-state index contributed by atoms with van der Waals surface area (Å²) in [5.41, 5.74) is 0. The van der Waals surface area contributed by atoms with Gasteiger partial charge in [0.25, 0.3) is 0 Å². The molecule has 0 aromatic rings. The van der Waals surface area contributed by atoms with E-state index in [0.29, 0.717) is 25.0 Å². The summed E-state index contributed by atoms with van der Waals surface area (Å²) in [7, 11) is 0. The molecule has 1 amide bonds. The van der Waals surface area contributed by atoms with Gasteiger partial charge in [0.05, 0.1) is 6.61 Å². The van der Waals surface area contributed by atoms with Crippen molar-refractivity contribution in [2.24, 2.45) is 11.8 Å². The van der Waals surface area contributed by atoms with Crippen LogP contribution in [0.5, 0.6) is 0 Å². The van der Waals surface area contributed by atoms with Gasteiger partial charge in [0, 0.05) is 13.1 Å². The molecular formula is C12H19NO2. The molecule has 1 saturated carbocycles. The van der Waals surface area contributed by atoms with Crippen molar-refractivity contribution in [1.29, 1.82) is 0 Å². The normalized spacial score (nSPS) is 26.2. The van der Waals surface area contributed by atoms with Gasteiger partial charge >= 0.3 is 6.09 Å². The average molecular weight is 209 g/mol. The Labute approximate surface area is 91.1 Å². The predicted molar refractivity (Wildman–Crippen MR) is 58.6 cm³/mol. The third kappa shape index (κ3) is 3.26. The second-order valence-corrected chi connectivity index (χ2v) is 4.66. The first kappa shape index (κ1) is 10.5. The van der Waals surface area contributed by atoms with Crippen molar-refractivity contribution in [3.05, 3.63) is 12.2 Å². The van der Waals surface area contributed by atoms with Crippen molar-refractivity contribution in [3.8, 4) is 0 Å². The molecule has 0 saturated heterocycles. The van der Waals surface area contributed by atoms with Gasteiger partial charge in [-0.15, -0.1) is 0 Å². The number of allylic oxidation sites excluding steroid dienone is 1. The van der Waals surface area contributed by atoms with Crippen molar-refractivity contribution >= 4 is 6.09 Å². The molecule has 0 radical (unpaired) electrons. The second kappa shape index (κ2) is 4.69. The third-order valence-corrected chi connectivity index (χ3v) is 3.04. The Hall–Kier alpha value is -0.990. The van der Waals surface area contributed by atoms with Crippen LogP contribution in [-0.4, -0.2) is 30.7 Å². The van der Waals surface area contributed by atoms with E-state index in [1.165, 1.54) is 12.8 Å². The fourth-order valence-electron chi connectivity index (χ4n) is 1.70. The molecule has 1 aliphatic heterocycles. The monoisotopic (exact) mass is 209 g/mol. The Morgan fingerprint density at radius 1 is 1.47 bits per heavy atom. The number of carbonyl (C=O) groups excluding carboxylic acids is 1. The van der Waals surface area contributed by atoms with Gasteiger partial charge in [-0.3, -0.25) is 0 Å². The molecule has 2 rings (SSSR count). The van der Waals surface area contributed by atoms with Crippen molar-refractivity contribution in [3.63, 3.8) is 0 Å². The van der Waals surface area contributed by atoms with Crippen LogP contribution < -0.4 is 0 Å². The molecule has 0 spiro atoms. The molecule has 1 atom stereocenters. The van der Waals surface area contributed by atoms with Gasteiger partial charge in [0.1, 0.15) is 0 Å². The van der Waals surface area contributed by atoms with E-state index < -0.39 is 0 Å². The van der Waals surface area contributed by atoms with Crippen molar-refractivity contribution in [2.75, 3.05) is 19.7 Å².